The van der Waals surface area contributed by atoms with Crippen molar-refractivity contribution < 1.29 is 19.8 Å². The standard InChI is InChI=1S/C24H26O4/c25-21(26)18-2-1-17(13-23-7-3-15(11-23)4-8-23)19(20(18)22(27)28)14-24-9-5-16(12-24)6-10-24/h1-3,5,7,9,15-16H,4,6,8,10-14H2,(H,25,26)(H,27,28)/p-2. The van der Waals surface area contributed by atoms with Crippen molar-refractivity contribution in [3.63, 3.8) is 0 Å². The SMILES string of the molecule is O=C([O-])c1ccc(CC23C=CC(CC2)C3)c(CC23C=CC(CC2)C3)c1C(=O)[O-]. The van der Waals surface area contributed by atoms with Crippen LogP contribution in [-0.2, 0) is 12.8 Å². The molecule has 2 fully saturated rings. The Morgan fingerprint density at radius 1 is 0.893 bits per heavy atom. The third-order valence-electron chi connectivity index (χ3n) is 7.71. The largest absolute Gasteiger partial charge is 0.545 e. The van der Waals surface area contributed by atoms with Crippen LogP contribution in [-0.4, -0.2) is 11.9 Å². The average molecular weight is 376 g/mol. The first kappa shape index (κ1) is 17.7. The van der Waals surface area contributed by atoms with Gasteiger partial charge in [-0.25, -0.2) is 0 Å². The van der Waals surface area contributed by atoms with Gasteiger partial charge >= 0.3 is 0 Å². The van der Waals surface area contributed by atoms with E-state index in [9.17, 15) is 19.8 Å². The summed E-state index contributed by atoms with van der Waals surface area (Å²) >= 11 is 0. The minimum atomic E-state index is -1.45. The van der Waals surface area contributed by atoms with Crippen LogP contribution in [0, 0.1) is 22.7 Å². The molecule has 0 saturated heterocycles. The van der Waals surface area contributed by atoms with Crippen LogP contribution in [0.3, 0.4) is 0 Å². The summed E-state index contributed by atoms with van der Waals surface area (Å²) in [6.07, 6.45) is 17.0. The highest BCUT2D eigenvalue weighted by Gasteiger charge is 2.43. The predicted molar refractivity (Wildman–Crippen MR) is 100 cm³/mol. The summed E-state index contributed by atoms with van der Waals surface area (Å²) in [7, 11) is 0. The van der Waals surface area contributed by atoms with Crippen LogP contribution in [0.15, 0.2) is 36.4 Å². The van der Waals surface area contributed by atoms with Gasteiger partial charge in [-0.3, -0.25) is 0 Å². The van der Waals surface area contributed by atoms with Gasteiger partial charge in [-0.15, -0.1) is 0 Å². The van der Waals surface area contributed by atoms with E-state index in [0.29, 0.717) is 23.8 Å². The maximum atomic E-state index is 12.0. The van der Waals surface area contributed by atoms with Gasteiger partial charge in [-0.1, -0.05) is 36.4 Å². The molecule has 0 aromatic heterocycles. The van der Waals surface area contributed by atoms with Crippen molar-refractivity contribution in [1.82, 2.24) is 0 Å². The van der Waals surface area contributed by atoms with Crippen molar-refractivity contribution >= 4 is 11.9 Å². The molecule has 0 amide bonds. The Labute approximate surface area is 165 Å². The van der Waals surface area contributed by atoms with Crippen LogP contribution < -0.4 is 10.2 Å². The summed E-state index contributed by atoms with van der Waals surface area (Å²) in [6.45, 7) is 0. The fourth-order valence-electron chi connectivity index (χ4n) is 6.34. The van der Waals surface area contributed by atoms with E-state index in [4.69, 9.17) is 0 Å². The Hall–Kier alpha value is -2.36. The molecule has 1 aromatic carbocycles. The summed E-state index contributed by atoms with van der Waals surface area (Å²) in [6, 6.07) is 3.23. The number of hydrogen-bond donors (Lipinski definition) is 0. The molecular weight excluding hydrogens is 352 g/mol. The average Bonchev–Trinajstić information content (AvgIpc) is 3.42. The Kier molecular flexibility index (Phi) is 3.84. The van der Waals surface area contributed by atoms with Crippen LogP contribution in [0.5, 0.6) is 0 Å². The Morgan fingerprint density at radius 3 is 1.93 bits per heavy atom. The molecule has 4 bridgehead atoms. The lowest BCUT2D eigenvalue weighted by Gasteiger charge is -2.31. The van der Waals surface area contributed by atoms with Gasteiger partial charge < -0.3 is 19.8 Å². The molecule has 4 aliphatic rings. The molecule has 4 unspecified atom stereocenters. The molecule has 28 heavy (non-hydrogen) atoms. The van der Waals surface area contributed by atoms with Gasteiger partial charge in [0.15, 0.2) is 0 Å². The molecule has 4 heteroatoms. The molecule has 0 spiro atoms. The normalized spacial score (nSPS) is 34.4. The number of benzene rings is 1. The molecule has 5 rings (SSSR count). The predicted octanol–water partition coefficient (Wildman–Crippen LogP) is 2.21. The van der Waals surface area contributed by atoms with Gasteiger partial charge in [-0.05, 0) is 85.2 Å². The van der Waals surface area contributed by atoms with Gasteiger partial charge in [0.05, 0.1) is 11.9 Å². The van der Waals surface area contributed by atoms with Crippen molar-refractivity contribution in [2.45, 2.75) is 51.4 Å². The zero-order valence-corrected chi connectivity index (χ0v) is 15.9. The van der Waals surface area contributed by atoms with Crippen LogP contribution in [0.1, 0.15) is 70.4 Å². The second-order valence-electron chi connectivity index (χ2n) is 9.50. The molecule has 0 radical (unpaired) electrons. The van der Waals surface area contributed by atoms with Gasteiger partial charge in [0, 0.05) is 11.1 Å². The van der Waals surface area contributed by atoms with E-state index in [1.54, 1.807) is 0 Å². The van der Waals surface area contributed by atoms with Crippen LogP contribution in [0.2, 0.25) is 0 Å². The number of rotatable bonds is 6. The quantitative estimate of drug-likeness (QED) is 0.713. The van der Waals surface area contributed by atoms with E-state index in [0.717, 1.165) is 44.1 Å². The summed E-state index contributed by atoms with van der Waals surface area (Å²) < 4.78 is 0. The third-order valence-corrected chi connectivity index (χ3v) is 7.71. The number of aromatic carboxylic acids is 2. The maximum Gasteiger partial charge on any atom is 0.0724 e. The molecule has 0 heterocycles. The van der Waals surface area contributed by atoms with Crippen molar-refractivity contribution in [3.05, 3.63) is 58.7 Å². The number of fused-ring (bicyclic) bond motifs is 4. The molecule has 4 aliphatic carbocycles. The summed E-state index contributed by atoms with van der Waals surface area (Å²) in [4.78, 5) is 23.7. The van der Waals surface area contributed by atoms with Gasteiger partial charge in [0.2, 0.25) is 0 Å². The highest BCUT2D eigenvalue weighted by atomic mass is 16.4. The van der Waals surface area contributed by atoms with Crippen molar-refractivity contribution in [1.29, 1.82) is 0 Å². The molecular formula is C24H24O4-2. The Morgan fingerprint density at radius 2 is 1.50 bits per heavy atom. The minimum absolute atomic E-state index is 0.0461. The highest BCUT2D eigenvalue weighted by molar-refractivity contribution is 6.01. The maximum absolute atomic E-state index is 12.0. The van der Waals surface area contributed by atoms with Crippen molar-refractivity contribution in [3.8, 4) is 0 Å². The van der Waals surface area contributed by atoms with E-state index in [1.807, 2.05) is 6.07 Å². The zero-order chi connectivity index (χ0) is 19.5. The fraction of sp³-hybridized carbons (Fsp3) is 0.500. The van der Waals surface area contributed by atoms with Gasteiger partial charge in [0.25, 0.3) is 0 Å². The molecule has 4 nitrogen and oxygen atoms in total. The van der Waals surface area contributed by atoms with E-state index in [2.05, 4.69) is 24.3 Å². The van der Waals surface area contributed by atoms with Crippen molar-refractivity contribution in [2.24, 2.45) is 22.7 Å². The van der Waals surface area contributed by atoms with E-state index >= 15 is 0 Å². The number of carbonyl (C=O) groups excluding carboxylic acids is 2. The number of allylic oxidation sites excluding steroid dienone is 4. The molecule has 146 valence electrons. The monoisotopic (exact) mass is 376 g/mol. The van der Waals surface area contributed by atoms with Crippen LogP contribution in [0.4, 0.5) is 0 Å². The second-order valence-corrected chi connectivity index (χ2v) is 9.50. The van der Waals surface area contributed by atoms with E-state index < -0.39 is 11.9 Å². The van der Waals surface area contributed by atoms with E-state index in [1.165, 1.54) is 12.5 Å². The lowest BCUT2D eigenvalue weighted by Crippen LogP contribution is -2.33. The Balaban J connectivity index is 1.60. The first-order valence-electron chi connectivity index (χ1n) is 10.3. The lowest BCUT2D eigenvalue weighted by molar-refractivity contribution is -0.259. The minimum Gasteiger partial charge on any atom is -0.545 e. The van der Waals surface area contributed by atoms with E-state index in [-0.39, 0.29) is 22.0 Å². The van der Waals surface area contributed by atoms with Crippen LogP contribution >= 0.6 is 0 Å². The summed E-state index contributed by atoms with van der Waals surface area (Å²) in [5, 5.41) is 23.7. The molecule has 4 atom stereocenters. The highest BCUT2D eigenvalue weighted by Crippen LogP contribution is 2.54. The molecule has 0 N–H and O–H groups in total. The first-order chi connectivity index (χ1) is 13.4. The number of carboxylic acids is 2. The van der Waals surface area contributed by atoms with Crippen LogP contribution in [0.25, 0.3) is 0 Å². The topological polar surface area (TPSA) is 80.3 Å². The molecule has 0 aliphatic heterocycles. The smallest absolute Gasteiger partial charge is 0.0724 e. The number of carbonyl (C=O) groups is 2. The summed E-state index contributed by atoms with van der Waals surface area (Å²) in [5.41, 5.74) is 1.25. The summed E-state index contributed by atoms with van der Waals surface area (Å²) in [5.74, 6) is -1.65. The number of hydrogen-bond acceptors (Lipinski definition) is 4. The van der Waals surface area contributed by atoms with Crippen molar-refractivity contribution in [2.75, 3.05) is 0 Å². The first-order valence-corrected chi connectivity index (χ1v) is 10.3. The zero-order valence-electron chi connectivity index (χ0n) is 15.9. The third kappa shape index (κ3) is 2.73. The van der Waals surface area contributed by atoms with Gasteiger partial charge in [-0.2, -0.15) is 0 Å². The van der Waals surface area contributed by atoms with Gasteiger partial charge in [0.1, 0.15) is 0 Å². The number of carboxylic acid groups (broad SMARTS) is 2. The Bertz CT molecular complexity index is 927. The molecule has 1 aromatic rings. The lowest BCUT2D eigenvalue weighted by atomic mass is 9.74. The molecule has 2 saturated carbocycles. The second kappa shape index (κ2) is 6.07. The fourth-order valence-corrected chi connectivity index (χ4v) is 6.34.